The fourth-order valence-electron chi connectivity index (χ4n) is 2.08. The number of hydrogen-bond acceptors (Lipinski definition) is 5. The van der Waals surface area contributed by atoms with Gasteiger partial charge in [0.05, 0.1) is 19.9 Å². The molecule has 25 heavy (non-hydrogen) atoms. The summed E-state index contributed by atoms with van der Waals surface area (Å²) in [5, 5.41) is 3.95. The zero-order chi connectivity index (χ0) is 18.1. The van der Waals surface area contributed by atoms with Gasteiger partial charge in [-0.3, -0.25) is 4.79 Å². The molecule has 0 saturated heterocycles. The predicted octanol–water partition coefficient (Wildman–Crippen LogP) is 2.93. The number of nitrogens with one attached hydrogen (secondary N) is 1. The number of carbonyl (C=O) groups is 1. The van der Waals surface area contributed by atoms with E-state index in [-0.39, 0.29) is 12.5 Å². The lowest BCUT2D eigenvalue weighted by Gasteiger charge is -2.11. The predicted molar refractivity (Wildman–Crippen MR) is 96.6 cm³/mol. The Labute approximate surface area is 147 Å². The second-order valence-electron chi connectivity index (χ2n) is 5.21. The molecule has 0 aromatic heterocycles. The number of carbonyl (C=O) groups excluding carboxylic acids is 1. The third-order valence-electron chi connectivity index (χ3n) is 3.30. The molecule has 0 unspecified atom stereocenters. The van der Waals surface area contributed by atoms with Crippen molar-refractivity contribution in [1.29, 1.82) is 0 Å². The summed E-state index contributed by atoms with van der Waals surface area (Å²) >= 11 is 0. The quantitative estimate of drug-likeness (QED) is 0.591. The number of hydrogen-bond donors (Lipinski definition) is 1. The molecule has 0 aliphatic rings. The minimum atomic E-state index is -0.349. The highest BCUT2D eigenvalue weighted by Gasteiger charge is 2.08. The SMILES string of the molecule is CCOc1c(/C=N/NC(=O)COc2ccc(C)cc2)cccc1OC. The number of rotatable bonds is 8. The molecule has 1 amide bonds. The molecule has 6 heteroatoms. The van der Waals surface area contributed by atoms with Gasteiger partial charge in [0.25, 0.3) is 5.91 Å². The van der Waals surface area contributed by atoms with Crippen LogP contribution in [0, 0.1) is 6.92 Å². The fraction of sp³-hybridized carbons (Fsp3) is 0.263. The molecule has 0 heterocycles. The molecule has 0 fully saturated rings. The summed E-state index contributed by atoms with van der Waals surface area (Å²) in [4.78, 5) is 11.8. The number of ether oxygens (including phenoxy) is 3. The first-order chi connectivity index (χ1) is 12.1. The minimum Gasteiger partial charge on any atom is -0.493 e. The molecular formula is C19H22N2O4. The zero-order valence-electron chi connectivity index (χ0n) is 14.6. The van der Waals surface area contributed by atoms with E-state index in [1.54, 1.807) is 13.2 Å². The highest BCUT2D eigenvalue weighted by atomic mass is 16.5. The molecule has 0 saturated carbocycles. The third-order valence-corrected chi connectivity index (χ3v) is 3.30. The van der Waals surface area contributed by atoms with E-state index in [9.17, 15) is 4.79 Å². The Morgan fingerprint density at radius 1 is 1.16 bits per heavy atom. The molecule has 0 aliphatic carbocycles. The van der Waals surface area contributed by atoms with Crippen molar-refractivity contribution in [3.8, 4) is 17.2 Å². The molecule has 0 spiro atoms. The molecule has 0 atom stereocenters. The lowest BCUT2D eigenvalue weighted by atomic mass is 10.2. The monoisotopic (exact) mass is 342 g/mol. The Balaban J connectivity index is 1.91. The average Bonchev–Trinajstić information content (AvgIpc) is 2.62. The second kappa shape index (κ2) is 9.32. The first-order valence-corrected chi connectivity index (χ1v) is 7.95. The lowest BCUT2D eigenvalue weighted by Crippen LogP contribution is -2.24. The van der Waals surface area contributed by atoms with E-state index in [2.05, 4.69) is 10.5 Å². The number of hydrazone groups is 1. The van der Waals surface area contributed by atoms with Gasteiger partial charge in [-0.25, -0.2) is 5.43 Å². The molecule has 2 rings (SSSR count). The maximum atomic E-state index is 11.8. The normalized spacial score (nSPS) is 10.5. The Bertz CT molecular complexity index is 727. The third kappa shape index (κ3) is 5.53. The molecule has 1 N–H and O–H groups in total. The van der Waals surface area contributed by atoms with Gasteiger partial charge in [-0.1, -0.05) is 23.8 Å². The van der Waals surface area contributed by atoms with E-state index >= 15 is 0 Å². The van der Waals surface area contributed by atoms with Crippen molar-refractivity contribution in [2.24, 2.45) is 5.10 Å². The standard InChI is InChI=1S/C19H22N2O4/c1-4-24-19-15(6-5-7-17(19)23-3)12-20-21-18(22)13-25-16-10-8-14(2)9-11-16/h5-12H,4,13H2,1-3H3,(H,21,22)/b20-12+. The zero-order valence-corrected chi connectivity index (χ0v) is 14.6. The van der Waals surface area contributed by atoms with E-state index in [0.29, 0.717) is 29.4 Å². The summed E-state index contributed by atoms with van der Waals surface area (Å²) < 4.78 is 16.2. The van der Waals surface area contributed by atoms with E-state index in [4.69, 9.17) is 14.2 Å². The first-order valence-electron chi connectivity index (χ1n) is 7.95. The van der Waals surface area contributed by atoms with E-state index in [0.717, 1.165) is 5.56 Å². The number of methoxy groups -OCH3 is 1. The number of para-hydroxylation sites is 1. The Morgan fingerprint density at radius 2 is 1.92 bits per heavy atom. The van der Waals surface area contributed by atoms with Gasteiger partial charge < -0.3 is 14.2 Å². The van der Waals surface area contributed by atoms with Crippen molar-refractivity contribution in [2.75, 3.05) is 20.3 Å². The van der Waals surface area contributed by atoms with Crippen LogP contribution in [0.5, 0.6) is 17.2 Å². The van der Waals surface area contributed by atoms with Crippen LogP contribution in [0.4, 0.5) is 0 Å². The van der Waals surface area contributed by atoms with E-state index in [1.807, 2.05) is 50.2 Å². The van der Waals surface area contributed by atoms with Crippen molar-refractivity contribution in [3.05, 3.63) is 53.6 Å². The van der Waals surface area contributed by atoms with Gasteiger partial charge in [-0.15, -0.1) is 0 Å². The molecule has 6 nitrogen and oxygen atoms in total. The minimum absolute atomic E-state index is 0.114. The summed E-state index contributed by atoms with van der Waals surface area (Å²) in [6.45, 7) is 4.26. The van der Waals surface area contributed by atoms with Gasteiger partial charge in [-0.2, -0.15) is 5.10 Å². The van der Waals surface area contributed by atoms with Crippen molar-refractivity contribution in [2.45, 2.75) is 13.8 Å². The van der Waals surface area contributed by atoms with Gasteiger partial charge in [0, 0.05) is 5.56 Å². The second-order valence-corrected chi connectivity index (χ2v) is 5.21. The molecule has 0 radical (unpaired) electrons. The van der Waals surface area contributed by atoms with Crippen LogP contribution in [-0.2, 0) is 4.79 Å². The van der Waals surface area contributed by atoms with Crippen LogP contribution in [0.3, 0.4) is 0 Å². The van der Waals surface area contributed by atoms with Crippen LogP contribution in [-0.4, -0.2) is 32.4 Å². The molecular weight excluding hydrogens is 320 g/mol. The number of aryl methyl sites for hydroxylation is 1. The maximum Gasteiger partial charge on any atom is 0.277 e. The summed E-state index contributed by atoms with van der Waals surface area (Å²) in [5.41, 5.74) is 4.27. The van der Waals surface area contributed by atoms with Gasteiger partial charge in [0.15, 0.2) is 18.1 Å². The van der Waals surface area contributed by atoms with Crippen LogP contribution < -0.4 is 19.6 Å². The van der Waals surface area contributed by atoms with Gasteiger partial charge >= 0.3 is 0 Å². The first kappa shape index (κ1) is 18.3. The topological polar surface area (TPSA) is 69.2 Å². The number of benzene rings is 2. The molecule has 0 bridgehead atoms. The van der Waals surface area contributed by atoms with Crippen molar-refractivity contribution in [1.82, 2.24) is 5.43 Å². The Hall–Kier alpha value is -3.02. The van der Waals surface area contributed by atoms with Crippen LogP contribution in [0.25, 0.3) is 0 Å². The fourth-order valence-corrected chi connectivity index (χ4v) is 2.08. The van der Waals surface area contributed by atoms with Gasteiger partial charge in [0.2, 0.25) is 0 Å². The molecule has 0 aliphatic heterocycles. The van der Waals surface area contributed by atoms with Gasteiger partial charge in [0.1, 0.15) is 5.75 Å². The van der Waals surface area contributed by atoms with Crippen molar-refractivity contribution >= 4 is 12.1 Å². The van der Waals surface area contributed by atoms with Crippen LogP contribution in [0.15, 0.2) is 47.6 Å². The van der Waals surface area contributed by atoms with Gasteiger partial charge in [-0.05, 0) is 38.1 Å². The summed E-state index contributed by atoms with van der Waals surface area (Å²) in [5.74, 6) is 1.48. The molecule has 2 aromatic rings. The largest absolute Gasteiger partial charge is 0.493 e. The number of nitrogens with zero attached hydrogens (tertiary/aromatic N) is 1. The van der Waals surface area contributed by atoms with Crippen molar-refractivity contribution in [3.63, 3.8) is 0 Å². The highest BCUT2D eigenvalue weighted by Crippen LogP contribution is 2.29. The number of amides is 1. The van der Waals surface area contributed by atoms with E-state index in [1.165, 1.54) is 6.21 Å². The maximum absolute atomic E-state index is 11.8. The average molecular weight is 342 g/mol. The Morgan fingerprint density at radius 3 is 2.60 bits per heavy atom. The van der Waals surface area contributed by atoms with Crippen molar-refractivity contribution < 1.29 is 19.0 Å². The smallest absolute Gasteiger partial charge is 0.277 e. The molecule has 2 aromatic carbocycles. The summed E-state index contributed by atoms with van der Waals surface area (Å²) in [7, 11) is 1.57. The molecule has 132 valence electrons. The highest BCUT2D eigenvalue weighted by molar-refractivity contribution is 5.86. The summed E-state index contributed by atoms with van der Waals surface area (Å²) in [6, 6.07) is 12.9. The summed E-state index contributed by atoms with van der Waals surface area (Å²) in [6.07, 6.45) is 1.51. The van der Waals surface area contributed by atoms with Crippen LogP contribution in [0.1, 0.15) is 18.1 Å². The van der Waals surface area contributed by atoms with Crippen LogP contribution in [0.2, 0.25) is 0 Å². The van der Waals surface area contributed by atoms with E-state index < -0.39 is 0 Å². The Kier molecular flexibility index (Phi) is 6.83. The van der Waals surface area contributed by atoms with Crippen LogP contribution >= 0.6 is 0 Å². The lowest BCUT2D eigenvalue weighted by molar-refractivity contribution is -0.123.